The molecule has 110 valence electrons. The third-order valence-electron chi connectivity index (χ3n) is 2.92. The standard InChI is InChI=1S/C15H20BrNO3/c1-15(2,3)20-14(18)17-6-7-19-13-8-11(9-16)4-5-12(13)10-17/h4-5,8H,6-7,9-10H2,1-3H3. The second-order valence-electron chi connectivity index (χ2n) is 5.83. The molecule has 2 rings (SSSR count). The van der Waals surface area contributed by atoms with Crippen LogP contribution >= 0.6 is 15.9 Å². The fourth-order valence-corrected chi connectivity index (χ4v) is 2.33. The molecule has 1 aliphatic rings. The van der Waals surface area contributed by atoms with Gasteiger partial charge in [0.2, 0.25) is 0 Å². The largest absolute Gasteiger partial charge is 0.491 e. The van der Waals surface area contributed by atoms with Gasteiger partial charge in [0.25, 0.3) is 0 Å². The highest BCUT2D eigenvalue weighted by molar-refractivity contribution is 9.08. The molecule has 1 amide bonds. The highest BCUT2D eigenvalue weighted by Gasteiger charge is 2.25. The molecule has 0 aromatic heterocycles. The zero-order valence-corrected chi connectivity index (χ0v) is 13.7. The van der Waals surface area contributed by atoms with Crippen molar-refractivity contribution in [1.82, 2.24) is 4.90 Å². The van der Waals surface area contributed by atoms with Gasteiger partial charge in [0.05, 0.1) is 13.1 Å². The number of benzene rings is 1. The lowest BCUT2D eigenvalue weighted by molar-refractivity contribution is 0.0225. The Kier molecular flexibility index (Phi) is 4.58. The Morgan fingerprint density at radius 2 is 2.20 bits per heavy atom. The molecular formula is C15H20BrNO3. The highest BCUT2D eigenvalue weighted by Crippen LogP contribution is 2.26. The van der Waals surface area contributed by atoms with Gasteiger partial charge in [-0.15, -0.1) is 0 Å². The number of nitrogens with zero attached hydrogens (tertiary/aromatic N) is 1. The zero-order chi connectivity index (χ0) is 14.8. The van der Waals surface area contributed by atoms with Gasteiger partial charge in [-0.05, 0) is 32.4 Å². The van der Waals surface area contributed by atoms with E-state index < -0.39 is 5.60 Å². The minimum atomic E-state index is -0.479. The van der Waals surface area contributed by atoms with Crippen molar-refractivity contribution in [2.75, 3.05) is 13.2 Å². The zero-order valence-electron chi connectivity index (χ0n) is 12.1. The predicted molar refractivity (Wildman–Crippen MR) is 81.2 cm³/mol. The molecule has 0 fully saturated rings. The third-order valence-corrected chi connectivity index (χ3v) is 3.57. The summed E-state index contributed by atoms with van der Waals surface area (Å²) >= 11 is 3.43. The van der Waals surface area contributed by atoms with Crippen LogP contribution in [0.25, 0.3) is 0 Å². The fraction of sp³-hybridized carbons (Fsp3) is 0.533. The average molecular weight is 342 g/mol. The summed E-state index contributed by atoms with van der Waals surface area (Å²) in [7, 11) is 0. The third kappa shape index (κ3) is 3.88. The molecule has 0 bridgehead atoms. The second kappa shape index (κ2) is 6.04. The first-order valence-electron chi connectivity index (χ1n) is 6.67. The number of alkyl halides is 1. The monoisotopic (exact) mass is 341 g/mol. The molecule has 20 heavy (non-hydrogen) atoms. The van der Waals surface area contributed by atoms with E-state index in [-0.39, 0.29) is 6.09 Å². The van der Waals surface area contributed by atoms with Crippen molar-refractivity contribution in [1.29, 1.82) is 0 Å². The molecule has 0 saturated carbocycles. The first-order valence-corrected chi connectivity index (χ1v) is 7.80. The molecule has 4 nitrogen and oxygen atoms in total. The van der Waals surface area contributed by atoms with Gasteiger partial charge in [0.1, 0.15) is 18.0 Å². The SMILES string of the molecule is CC(C)(C)OC(=O)N1CCOc2cc(CBr)ccc2C1. The summed E-state index contributed by atoms with van der Waals surface area (Å²) in [6.45, 7) is 7.15. The normalized spacial score (nSPS) is 15.1. The van der Waals surface area contributed by atoms with Crippen LogP contribution in [-0.2, 0) is 16.6 Å². The summed E-state index contributed by atoms with van der Waals surface area (Å²) in [5.74, 6) is 0.855. The van der Waals surface area contributed by atoms with Crippen LogP contribution in [0.2, 0.25) is 0 Å². The van der Waals surface area contributed by atoms with Crippen LogP contribution in [0, 0.1) is 0 Å². The predicted octanol–water partition coefficient (Wildman–Crippen LogP) is 3.71. The van der Waals surface area contributed by atoms with Crippen LogP contribution in [-0.4, -0.2) is 29.7 Å². The lowest BCUT2D eigenvalue weighted by Crippen LogP contribution is -2.37. The van der Waals surface area contributed by atoms with Crippen LogP contribution in [0.1, 0.15) is 31.9 Å². The molecule has 0 radical (unpaired) electrons. The molecular weight excluding hydrogens is 322 g/mol. The Bertz CT molecular complexity index is 496. The number of carbonyl (C=O) groups is 1. The van der Waals surface area contributed by atoms with E-state index in [1.807, 2.05) is 39.0 Å². The van der Waals surface area contributed by atoms with E-state index in [4.69, 9.17) is 9.47 Å². The topological polar surface area (TPSA) is 38.8 Å². The van der Waals surface area contributed by atoms with E-state index in [2.05, 4.69) is 15.9 Å². The van der Waals surface area contributed by atoms with Crippen LogP contribution in [0.3, 0.4) is 0 Å². The Balaban J connectivity index is 2.14. The van der Waals surface area contributed by atoms with Crippen LogP contribution < -0.4 is 4.74 Å². The molecule has 1 aromatic rings. The fourth-order valence-electron chi connectivity index (χ4n) is 1.98. The number of rotatable bonds is 1. The first kappa shape index (κ1) is 15.2. The summed E-state index contributed by atoms with van der Waals surface area (Å²) in [5.41, 5.74) is 1.69. The van der Waals surface area contributed by atoms with Gasteiger partial charge >= 0.3 is 6.09 Å². The molecule has 0 atom stereocenters. The number of amides is 1. The van der Waals surface area contributed by atoms with Crippen molar-refractivity contribution in [3.63, 3.8) is 0 Å². The minimum Gasteiger partial charge on any atom is -0.491 e. The maximum Gasteiger partial charge on any atom is 0.410 e. The summed E-state index contributed by atoms with van der Waals surface area (Å²) < 4.78 is 11.1. The minimum absolute atomic E-state index is 0.293. The Morgan fingerprint density at radius 1 is 1.45 bits per heavy atom. The highest BCUT2D eigenvalue weighted by atomic mass is 79.9. The quantitative estimate of drug-likeness (QED) is 0.731. The van der Waals surface area contributed by atoms with Gasteiger partial charge in [-0.25, -0.2) is 4.79 Å². The van der Waals surface area contributed by atoms with E-state index in [0.717, 1.165) is 22.2 Å². The van der Waals surface area contributed by atoms with Crippen molar-refractivity contribution in [3.8, 4) is 5.75 Å². The van der Waals surface area contributed by atoms with Crippen molar-refractivity contribution >= 4 is 22.0 Å². The molecule has 0 spiro atoms. The van der Waals surface area contributed by atoms with E-state index >= 15 is 0 Å². The van der Waals surface area contributed by atoms with E-state index in [1.54, 1.807) is 4.90 Å². The maximum absolute atomic E-state index is 12.1. The Morgan fingerprint density at radius 3 is 2.85 bits per heavy atom. The van der Waals surface area contributed by atoms with Crippen molar-refractivity contribution in [3.05, 3.63) is 29.3 Å². The van der Waals surface area contributed by atoms with Gasteiger partial charge in [-0.3, -0.25) is 0 Å². The van der Waals surface area contributed by atoms with E-state index in [9.17, 15) is 4.79 Å². The lowest BCUT2D eigenvalue weighted by atomic mass is 10.1. The number of halogens is 1. The van der Waals surface area contributed by atoms with Crippen LogP contribution in [0.5, 0.6) is 5.75 Å². The molecule has 0 aliphatic carbocycles. The second-order valence-corrected chi connectivity index (χ2v) is 6.39. The van der Waals surface area contributed by atoms with Crippen molar-refractivity contribution in [2.24, 2.45) is 0 Å². The Hall–Kier alpha value is -1.23. The molecule has 1 aliphatic heterocycles. The number of hydrogen-bond acceptors (Lipinski definition) is 3. The number of hydrogen-bond donors (Lipinski definition) is 0. The van der Waals surface area contributed by atoms with Gasteiger partial charge < -0.3 is 14.4 Å². The number of carbonyl (C=O) groups excluding carboxylic acids is 1. The van der Waals surface area contributed by atoms with Crippen LogP contribution in [0.15, 0.2) is 18.2 Å². The molecule has 0 unspecified atom stereocenters. The first-order chi connectivity index (χ1) is 9.39. The van der Waals surface area contributed by atoms with E-state index in [0.29, 0.717) is 19.7 Å². The molecule has 0 saturated heterocycles. The van der Waals surface area contributed by atoms with Gasteiger partial charge in [0, 0.05) is 10.9 Å². The van der Waals surface area contributed by atoms with Gasteiger partial charge in [-0.2, -0.15) is 0 Å². The molecule has 5 heteroatoms. The summed E-state index contributed by atoms with van der Waals surface area (Å²) in [6.07, 6.45) is -0.293. The molecule has 0 N–H and O–H groups in total. The molecule has 1 heterocycles. The average Bonchev–Trinajstić information content (AvgIpc) is 2.57. The summed E-state index contributed by atoms with van der Waals surface area (Å²) in [4.78, 5) is 13.8. The Labute approximate surface area is 128 Å². The number of fused-ring (bicyclic) bond motifs is 1. The summed E-state index contributed by atoms with van der Waals surface area (Å²) in [5, 5.41) is 0.791. The van der Waals surface area contributed by atoms with Gasteiger partial charge in [0.15, 0.2) is 0 Å². The summed E-state index contributed by atoms with van der Waals surface area (Å²) in [6, 6.07) is 6.06. The maximum atomic E-state index is 12.1. The number of ether oxygens (including phenoxy) is 2. The van der Waals surface area contributed by atoms with Crippen molar-refractivity contribution in [2.45, 2.75) is 38.2 Å². The molecule has 1 aromatic carbocycles. The van der Waals surface area contributed by atoms with Crippen LogP contribution in [0.4, 0.5) is 4.79 Å². The smallest absolute Gasteiger partial charge is 0.410 e. The van der Waals surface area contributed by atoms with Gasteiger partial charge in [-0.1, -0.05) is 28.1 Å². The van der Waals surface area contributed by atoms with E-state index in [1.165, 1.54) is 0 Å². The lowest BCUT2D eigenvalue weighted by Gasteiger charge is -2.26. The van der Waals surface area contributed by atoms with Crippen molar-refractivity contribution < 1.29 is 14.3 Å².